The Kier molecular flexibility index (Phi) is 6.01. The lowest BCUT2D eigenvalue weighted by atomic mass is 9.91. The van der Waals surface area contributed by atoms with Gasteiger partial charge in [0.05, 0.1) is 0 Å². The monoisotopic (exact) mass is 345 g/mol. The van der Waals surface area contributed by atoms with Crippen molar-refractivity contribution in [1.29, 1.82) is 0 Å². The van der Waals surface area contributed by atoms with Crippen molar-refractivity contribution < 1.29 is 0 Å². The second-order valence-corrected chi connectivity index (χ2v) is 6.73. The fraction of sp³-hybridized carbons (Fsp3) is 0.368. The smallest absolute Gasteiger partial charge is 0.0210 e. The first-order valence-electron chi connectivity index (χ1n) is 7.59. The van der Waals surface area contributed by atoms with Crippen molar-refractivity contribution in [3.63, 3.8) is 0 Å². The first kappa shape index (κ1) is 16.3. The molecule has 0 spiro atoms. The number of likely N-dealkylation sites (N-methyl/N-ethyl adjacent to an activating group) is 1. The molecular weight excluding hydrogens is 322 g/mol. The highest BCUT2D eigenvalue weighted by Gasteiger charge is 2.14. The van der Waals surface area contributed by atoms with Gasteiger partial charge in [0, 0.05) is 16.9 Å². The van der Waals surface area contributed by atoms with E-state index in [9.17, 15) is 0 Å². The molecule has 0 aliphatic rings. The maximum absolute atomic E-state index is 3.68. The molecule has 2 aromatic carbocycles. The van der Waals surface area contributed by atoms with E-state index in [1.807, 2.05) is 7.05 Å². The predicted octanol–water partition coefficient (Wildman–Crippen LogP) is 5.12. The maximum Gasteiger partial charge on any atom is 0.0210 e. The topological polar surface area (TPSA) is 12.0 Å². The van der Waals surface area contributed by atoms with Gasteiger partial charge in [0.15, 0.2) is 0 Å². The molecule has 0 aliphatic heterocycles. The van der Waals surface area contributed by atoms with E-state index < -0.39 is 0 Å². The number of hydrogen-bond acceptors (Lipinski definition) is 1. The van der Waals surface area contributed by atoms with Crippen molar-refractivity contribution in [2.75, 3.05) is 13.6 Å². The minimum atomic E-state index is 0.482. The van der Waals surface area contributed by atoms with E-state index in [4.69, 9.17) is 0 Å². The molecule has 2 rings (SSSR count). The zero-order chi connectivity index (χ0) is 15.2. The molecule has 0 fully saturated rings. The summed E-state index contributed by atoms with van der Waals surface area (Å²) in [5.74, 6) is 1.07. The van der Waals surface area contributed by atoms with Gasteiger partial charge >= 0.3 is 0 Å². The van der Waals surface area contributed by atoms with Crippen LogP contribution in [0.15, 0.2) is 53.0 Å². The van der Waals surface area contributed by atoms with Gasteiger partial charge in [-0.1, -0.05) is 72.2 Å². The standard InChI is InChI=1S/C19H24BrN/c1-14(2)16-10-8-15(9-11-16)12-17(13-21-3)18-6-4-5-7-19(18)20/h4-11,14,17,21H,12-13H2,1-3H3. The summed E-state index contributed by atoms with van der Waals surface area (Å²) >= 11 is 3.68. The van der Waals surface area contributed by atoms with E-state index in [1.165, 1.54) is 21.2 Å². The number of hydrogen-bond donors (Lipinski definition) is 1. The normalized spacial score (nSPS) is 12.6. The van der Waals surface area contributed by atoms with Crippen LogP contribution in [0.1, 0.15) is 42.4 Å². The molecule has 0 aliphatic carbocycles. The van der Waals surface area contributed by atoms with Gasteiger partial charge in [-0.2, -0.15) is 0 Å². The summed E-state index contributed by atoms with van der Waals surface area (Å²) in [7, 11) is 2.02. The summed E-state index contributed by atoms with van der Waals surface area (Å²) in [4.78, 5) is 0. The summed E-state index contributed by atoms with van der Waals surface area (Å²) in [5, 5.41) is 3.32. The second-order valence-electron chi connectivity index (χ2n) is 5.88. The SMILES string of the molecule is CNCC(Cc1ccc(C(C)C)cc1)c1ccccc1Br. The number of benzene rings is 2. The van der Waals surface area contributed by atoms with Gasteiger partial charge in [-0.3, -0.25) is 0 Å². The minimum Gasteiger partial charge on any atom is -0.319 e. The van der Waals surface area contributed by atoms with Gasteiger partial charge in [0.2, 0.25) is 0 Å². The van der Waals surface area contributed by atoms with Crippen LogP contribution in [0.25, 0.3) is 0 Å². The van der Waals surface area contributed by atoms with Crippen LogP contribution in [0.2, 0.25) is 0 Å². The molecule has 0 radical (unpaired) electrons. The van der Waals surface area contributed by atoms with E-state index in [2.05, 4.69) is 83.6 Å². The average molecular weight is 346 g/mol. The lowest BCUT2D eigenvalue weighted by molar-refractivity contribution is 0.623. The highest BCUT2D eigenvalue weighted by atomic mass is 79.9. The molecule has 0 aromatic heterocycles. The third-order valence-corrected chi connectivity index (χ3v) is 4.65. The molecule has 0 amide bonds. The largest absolute Gasteiger partial charge is 0.319 e. The second kappa shape index (κ2) is 7.77. The van der Waals surface area contributed by atoms with Crippen LogP contribution in [0.5, 0.6) is 0 Å². The van der Waals surface area contributed by atoms with Crippen LogP contribution in [0.4, 0.5) is 0 Å². The van der Waals surface area contributed by atoms with E-state index in [-0.39, 0.29) is 0 Å². The third-order valence-electron chi connectivity index (χ3n) is 3.92. The highest BCUT2D eigenvalue weighted by molar-refractivity contribution is 9.10. The Morgan fingerprint density at radius 2 is 1.67 bits per heavy atom. The lowest BCUT2D eigenvalue weighted by Crippen LogP contribution is -2.19. The highest BCUT2D eigenvalue weighted by Crippen LogP contribution is 2.28. The first-order chi connectivity index (χ1) is 10.1. The van der Waals surface area contributed by atoms with Crippen molar-refractivity contribution in [2.24, 2.45) is 0 Å². The molecule has 0 saturated heterocycles. The van der Waals surface area contributed by atoms with Gasteiger partial charge < -0.3 is 5.32 Å². The molecule has 21 heavy (non-hydrogen) atoms. The molecule has 1 N–H and O–H groups in total. The summed E-state index contributed by atoms with van der Waals surface area (Å²) in [6.07, 6.45) is 1.06. The Bertz CT molecular complexity index is 560. The fourth-order valence-electron chi connectivity index (χ4n) is 2.67. The van der Waals surface area contributed by atoms with E-state index >= 15 is 0 Å². The molecule has 0 bridgehead atoms. The fourth-order valence-corrected chi connectivity index (χ4v) is 3.28. The molecule has 112 valence electrons. The van der Waals surface area contributed by atoms with Gasteiger partial charge in [0.25, 0.3) is 0 Å². The Labute approximate surface area is 136 Å². The van der Waals surface area contributed by atoms with Crippen LogP contribution in [0.3, 0.4) is 0 Å². The molecule has 2 heteroatoms. The summed E-state index contributed by atoms with van der Waals surface area (Å²) in [6.45, 7) is 5.45. The van der Waals surface area contributed by atoms with Gasteiger partial charge in [-0.15, -0.1) is 0 Å². The molecular formula is C19H24BrN. The Hall–Kier alpha value is -1.12. The summed E-state index contributed by atoms with van der Waals surface area (Å²) in [5.41, 5.74) is 4.18. The Morgan fingerprint density at radius 3 is 2.24 bits per heavy atom. The number of rotatable bonds is 6. The molecule has 1 nitrogen and oxygen atoms in total. The Morgan fingerprint density at radius 1 is 1.00 bits per heavy atom. The van der Waals surface area contributed by atoms with E-state index in [1.54, 1.807) is 0 Å². The quantitative estimate of drug-likeness (QED) is 0.766. The number of nitrogens with one attached hydrogen (secondary N) is 1. The van der Waals surface area contributed by atoms with Gasteiger partial charge in [-0.25, -0.2) is 0 Å². The van der Waals surface area contributed by atoms with Crippen molar-refractivity contribution in [2.45, 2.75) is 32.1 Å². The molecule has 0 heterocycles. The van der Waals surface area contributed by atoms with E-state index in [0.717, 1.165) is 13.0 Å². The molecule has 2 aromatic rings. The van der Waals surface area contributed by atoms with Crippen molar-refractivity contribution >= 4 is 15.9 Å². The molecule has 1 unspecified atom stereocenters. The first-order valence-corrected chi connectivity index (χ1v) is 8.39. The predicted molar refractivity (Wildman–Crippen MR) is 95.0 cm³/mol. The van der Waals surface area contributed by atoms with Crippen LogP contribution < -0.4 is 5.32 Å². The van der Waals surface area contributed by atoms with Crippen molar-refractivity contribution in [3.05, 3.63) is 69.7 Å². The van der Waals surface area contributed by atoms with Gasteiger partial charge in [-0.05, 0) is 42.1 Å². The van der Waals surface area contributed by atoms with E-state index in [0.29, 0.717) is 11.8 Å². The molecule has 0 saturated carbocycles. The minimum absolute atomic E-state index is 0.482. The van der Waals surface area contributed by atoms with Crippen LogP contribution in [-0.4, -0.2) is 13.6 Å². The average Bonchev–Trinajstić information content (AvgIpc) is 2.48. The van der Waals surface area contributed by atoms with Crippen molar-refractivity contribution in [3.8, 4) is 0 Å². The van der Waals surface area contributed by atoms with Gasteiger partial charge in [0.1, 0.15) is 0 Å². The maximum atomic E-state index is 3.68. The van der Waals surface area contributed by atoms with Crippen LogP contribution >= 0.6 is 15.9 Å². The molecule has 1 atom stereocenters. The summed E-state index contributed by atoms with van der Waals surface area (Å²) < 4.78 is 1.20. The van der Waals surface area contributed by atoms with Crippen LogP contribution in [-0.2, 0) is 6.42 Å². The Balaban J connectivity index is 2.18. The zero-order valence-electron chi connectivity index (χ0n) is 13.1. The lowest BCUT2D eigenvalue weighted by Gasteiger charge is -2.19. The number of halogens is 1. The van der Waals surface area contributed by atoms with Crippen LogP contribution in [0, 0.1) is 0 Å². The zero-order valence-corrected chi connectivity index (χ0v) is 14.7. The third kappa shape index (κ3) is 4.42. The van der Waals surface area contributed by atoms with Crippen molar-refractivity contribution in [1.82, 2.24) is 5.32 Å². The summed E-state index contributed by atoms with van der Waals surface area (Å²) in [6, 6.07) is 17.6.